The summed E-state index contributed by atoms with van der Waals surface area (Å²) in [7, 11) is 3.42. The van der Waals surface area contributed by atoms with E-state index >= 15 is 0 Å². The zero-order chi connectivity index (χ0) is 12.3. The van der Waals surface area contributed by atoms with Gasteiger partial charge in [-0.25, -0.2) is 0 Å². The Hall–Kier alpha value is -1.10. The van der Waals surface area contributed by atoms with Gasteiger partial charge in [-0.1, -0.05) is 6.92 Å². The van der Waals surface area contributed by atoms with Crippen LogP contribution in [0.25, 0.3) is 0 Å². The molecule has 0 aromatic carbocycles. The highest BCUT2D eigenvalue weighted by Gasteiger charge is 2.36. The van der Waals surface area contributed by atoms with Crippen molar-refractivity contribution in [3.8, 4) is 0 Å². The van der Waals surface area contributed by atoms with Crippen molar-refractivity contribution in [2.75, 3.05) is 20.6 Å². The molecule has 1 rings (SSSR count). The minimum atomic E-state index is -0.476. The summed E-state index contributed by atoms with van der Waals surface area (Å²) < 4.78 is 0. The predicted octanol–water partition coefficient (Wildman–Crippen LogP) is -0.197. The van der Waals surface area contributed by atoms with Crippen molar-refractivity contribution < 1.29 is 9.59 Å². The van der Waals surface area contributed by atoms with E-state index in [0.29, 0.717) is 13.0 Å². The number of carbonyl (C=O) groups excluding carboxylic acids is 2. The number of likely N-dealkylation sites (tertiary alicyclic amines) is 1. The number of rotatable bonds is 3. The van der Waals surface area contributed by atoms with Crippen molar-refractivity contribution in [1.82, 2.24) is 9.80 Å². The molecule has 92 valence electrons. The third kappa shape index (κ3) is 2.52. The highest BCUT2D eigenvalue weighted by atomic mass is 16.2. The van der Waals surface area contributed by atoms with E-state index in [1.807, 2.05) is 6.92 Å². The van der Waals surface area contributed by atoms with Crippen LogP contribution >= 0.6 is 0 Å². The zero-order valence-corrected chi connectivity index (χ0v) is 10.3. The molecule has 2 atom stereocenters. The summed E-state index contributed by atoms with van der Waals surface area (Å²) >= 11 is 0. The van der Waals surface area contributed by atoms with Gasteiger partial charge in [-0.05, 0) is 19.3 Å². The number of hydrogen-bond acceptors (Lipinski definition) is 3. The van der Waals surface area contributed by atoms with Crippen molar-refractivity contribution in [2.24, 2.45) is 5.73 Å². The first-order valence-electron chi connectivity index (χ1n) is 5.76. The number of likely N-dealkylation sites (N-methyl/N-ethyl adjacent to an activating group) is 1. The molecule has 2 N–H and O–H groups in total. The molecule has 5 nitrogen and oxygen atoms in total. The minimum Gasteiger partial charge on any atom is -0.347 e. The zero-order valence-electron chi connectivity index (χ0n) is 10.3. The van der Waals surface area contributed by atoms with Gasteiger partial charge in [0.05, 0.1) is 6.04 Å². The number of nitrogens with zero attached hydrogens (tertiary/aromatic N) is 2. The summed E-state index contributed by atoms with van der Waals surface area (Å²) in [4.78, 5) is 27.0. The Kier molecular flexibility index (Phi) is 4.29. The quantitative estimate of drug-likeness (QED) is 0.726. The molecule has 16 heavy (non-hydrogen) atoms. The van der Waals surface area contributed by atoms with Gasteiger partial charge in [-0.15, -0.1) is 0 Å². The molecule has 1 aliphatic rings. The lowest BCUT2D eigenvalue weighted by atomic mass is 10.1. The minimum absolute atomic E-state index is 0.00541. The lowest BCUT2D eigenvalue weighted by Crippen LogP contribution is -2.50. The summed E-state index contributed by atoms with van der Waals surface area (Å²) in [6.45, 7) is 2.53. The smallest absolute Gasteiger partial charge is 0.244 e. The maximum absolute atomic E-state index is 11.9. The summed E-state index contributed by atoms with van der Waals surface area (Å²) in [5, 5.41) is 0. The topological polar surface area (TPSA) is 66.6 Å². The Morgan fingerprint density at radius 2 is 2.12 bits per heavy atom. The molecule has 0 aliphatic carbocycles. The Balaban J connectivity index is 2.73. The fourth-order valence-corrected chi connectivity index (χ4v) is 1.97. The molecular formula is C11H21N3O2. The van der Waals surface area contributed by atoms with Crippen molar-refractivity contribution >= 4 is 11.8 Å². The number of amides is 2. The van der Waals surface area contributed by atoms with Gasteiger partial charge in [-0.2, -0.15) is 0 Å². The molecule has 1 aliphatic heterocycles. The third-order valence-corrected chi connectivity index (χ3v) is 3.02. The van der Waals surface area contributed by atoms with Gasteiger partial charge in [-0.3, -0.25) is 9.59 Å². The van der Waals surface area contributed by atoms with Crippen molar-refractivity contribution in [1.29, 1.82) is 0 Å². The van der Waals surface area contributed by atoms with Crippen LogP contribution in [0.2, 0.25) is 0 Å². The van der Waals surface area contributed by atoms with Crippen molar-refractivity contribution in [3.63, 3.8) is 0 Å². The second kappa shape index (κ2) is 5.30. The lowest BCUT2D eigenvalue weighted by Gasteiger charge is -2.28. The van der Waals surface area contributed by atoms with Gasteiger partial charge in [0.25, 0.3) is 0 Å². The largest absolute Gasteiger partial charge is 0.347 e. The van der Waals surface area contributed by atoms with Crippen LogP contribution in [0.1, 0.15) is 26.2 Å². The first-order valence-corrected chi connectivity index (χ1v) is 5.76. The van der Waals surface area contributed by atoms with Crippen LogP contribution in [0, 0.1) is 0 Å². The molecule has 1 heterocycles. The Morgan fingerprint density at radius 3 is 2.62 bits per heavy atom. The van der Waals surface area contributed by atoms with E-state index in [1.165, 1.54) is 4.90 Å². The fourth-order valence-electron chi connectivity index (χ4n) is 1.97. The van der Waals surface area contributed by atoms with Gasteiger partial charge >= 0.3 is 0 Å². The Morgan fingerprint density at radius 1 is 1.50 bits per heavy atom. The molecule has 0 aromatic rings. The van der Waals surface area contributed by atoms with Crippen LogP contribution in [-0.2, 0) is 9.59 Å². The van der Waals surface area contributed by atoms with Crippen LogP contribution in [0.5, 0.6) is 0 Å². The molecule has 2 amide bonds. The van der Waals surface area contributed by atoms with Crippen LogP contribution in [0.3, 0.4) is 0 Å². The standard InChI is InChI=1S/C11H21N3O2/c1-4-8(12)10(15)14-7-5-6-9(14)11(16)13(2)3/h8-9H,4-7,12H2,1-3H3/t8-,9?/m0/s1. The monoisotopic (exact) mass is 227 g/mol. The van der Waals surface area contributed by atoms with Crippen LogP contribution < -0.4 is 5.73 Å². The maximum Gasteiger partial charge on any atom is 0.244 e. The van der Waals surface area contributed by atoms with E-state index in [4.69, 9.17) is 5.73 Å². The van der Waals surface area contributed by atoms with E-state index in [-0.39, 0.29) is 17.9 Å². The van der Waals surface area contributed by atoms with E-state index in [2.05, 4.69) is 0 Å². The molecule has 5 heteroatoms. The second-order valence-electron chi connectivity index (χ2n) is 4.44. The van der Waals surface area contributed by atoms with E-state index in [9.17, 15) is 9.59 Å². The fraction of sp³-hybridized carbons (Fsp3) is 0.818. The number of hydrogen-bond donors (Lipinski definition) is 1. The highest BCUT2D eigenvalue weighted by molar-refractivity contribution is 5.90. The molecule has 1 saturated heterocycles. The van der Waals surface area contributed by atoms with Gasteiger partial charge in [0.2, 0.25) is 11.8 Å². The molecule has 0 aromatic heterocycles. The van der Waals surface area contributed by atoms with E-state index in [0.717, 1.165) is 12.8 Å². The molecule has 0 bridgehead atoms. The Labute approximate surface area is 96.6 Å². The molecule has 0 radical (unpaired) electrons. The van der Waals surface area contributed by atoms with E-state index < -0.39 is 6.04 Å². The Bertz CT molecular complexity index is 278. The normalized spacial score (nSPS) is 22.0. The number of nitrogens with two attached hydrogens (primary N) is 1. The summed E-state index contributed by atoms with van der Waals surface area (Å²) in [5.74, 6) is -0.102. The summed E-state index contributed by atoms with van der Waals surface area (Å²) in [6.07, 6.45) is 2.24. The SMILES string of the molecule is CC[C@H](N)C(=O)N1CCCC1C(=O)N(C)C. The predicted molar refractivity (Wildman–Crippen MR) is 61.7 cm³/mol. The third-order valence-electron chi connectivity index (χ3n) is 3.02. The van der Waals surface area contributed by atoms with Crippen molar-refractivity contribution in [2.45, 2.75) is 38.3 Å². The van der Waals surface area contributed by atoms with Crippen molar-refractivity contribution in [3.05, 3.63) is 0 Å². The van der Waals surface area contributed by atoms with Gasteiger partial charge in [0.1, 0.15) is 6.04 Å². The van der Waals surface area contributed by atoms with Gasteiger partial charge < -0.3 is 15.5 Å². The summed E-state index contributed by atoms with van der Waals surface area (Å²) in [5.41, 5.74) is 5.72. The average Bonchev–Trinajstić information content (AvgIpc) is 2.74. The molecule has 0 saturated carbocycles. The maximum atomic E-state index is 11.9. The number of carbonyl (C=O) groups is 2. The van der Waals surface area contributed by atoms with Gasteiger partial charge in [0, 0.05) is 20.6 Å². The first kappa shape index (κ1) is 13.0. The molecule has 1 unspecified atom stereocenters. The van der Waals surface area contributed by atoms with Crippen LogP contribution in [0.4, 0.5) is 0 Å². The van der Waals surface area contributed by atoms with Crippen LogP contribution in [0.15, 0.2) is 0 Å². The lowest BCUT2D eigenvalue weighted by molar-refractivity contribution is -0.143. The average molecular weight is 227 g/mol. The van der Waals surface area contributed by atoms with Crippen LogP contribution in [-0.4, -0.2) is 54.3 Å². The molecule has 1 fully saturated rings. The van der Waals surface area contributed by atoms with Gasteiger partial charge in [0.15, 0.2) is 0 Å². The summed E-state index contributed by atoms with van der Waals surface area (Å²) in [6, 6.07) is -0.782. The molecular weight excluding hydrogens is 206 g/mol. The van der Waals surface area contributed by atoms with E-state index in [1.54, 1.807) is 19.0 Å². The first-order chi connectivity index (χ1) is 7.49. The highest BCUT2D eigenvalue weighted by Crippen LogP contribution is 2.19. The second-order valence-corrected chi connectivity index (χ2v) is 4.44. The molecule has 0 spiro atoms.